The second-order valence-corrected chi connectivity index (χ2v) is 10.0. The molecule has 0 spiro atoms. The van der Waals surface area contributed by atoms with Crippen LogP contribution in [0.15, 0.2) is 73.1 Å². The molecule has 194 valence electrons. The van der Waals surface area contributed by atoms with E-state index in [0.29, 0.717) is 35.8 Å². The number of anilines is 1. The minimum atomic E-state index is -0.464. The summed E-state index contributed by atoms with van der Waals surface area (Å²) in [5.41, 5.74) is 6.40. The lowest BCUT2D eigenvalue weighted by Crippen LogP contribution is -2.38. The zero-order valence-corrected chi connectivity index (χ0v) is 21.9. The Morgan fingerprint density at radius 3 is 2.32 bits per heavy atom. The van der Waals surface area contributed by atoms with Gasteiger partial charge in [0, 0.05) is 48.7 Å². The molecular weight excluding hydrogens is 479 g/mol. The van der Waals surface area contributed by atoms with Crippen molar-refractivity contribution >= 4 is 17.5 Å². The fourth-order valence-corrected chi connectivity index (χ4v) is 5.03. The minimum Gasteiger partial charge on any atom is -0.339 e. The van der Waals surface area contributed by atoms with E-state index in [1.807, 2.05) is 37.3 Å². The molecule has 38 heavy (non-hydrogen) atoms. The van der Waals surface area contributed by atoms with E-state index in [1.54, 1.807) is 29.8 Å². The molecule has 0 unspecified atom stereocenters. The van der Waals surface area contributed by atoms with Gasteiger partial charge >= 0.3 is 0 Å². The maximum Gasteiger partial charge on any atom is 0.256 e. The van der Waals surface area contributed by atoms with Crippen LogP contribution >= 0.6 is 0 Å². The standard InChI is InChI=1S/C31H31FN4O2/c1-20-5-11-27(32)17-28(20)30(37)34-29-16-25(6-4-21(29)2)31(38)36-14-12-24(13-15-36)22-7-9-23(10-8-22)26-18-33-35(3)19-26/h4-11,16-19,24H,12-15H2,1-3H3,(H,34,37). The van der Waals surface area contributed by atoms with Crippen molar-refractivity contribution in [2.45, 2.75) is 32.6 Å². The fraction of sp³-hybridized carbons (Fsp3) is 0.258. The highest BCUT2D eigenvalue weighted by atomic mass is 19.1. The summed E-state index contributed by atoms with van der Waals surface area (Å²) in [7, 11) is 1.91. The number of aromatic nitrogens is 2. The highest BCUT2D eigenvalue weighted by Crippen LogP contribution is 2.31. The highest BCUT2D eigenvalue weighted by molar-refractivity contribution is 6.06. The summed E-state index contributed by atoms with van der Waals surface area (Å²) in [6, 6.07) is 18.1. The number of hydrogen-bond acceptors (Lipinski definition) is 3. The van der Waals surface area contributed by atoms with E-state index in [0.717, 1.165) is 29.5 Å². The number of likely N-dealkylation sites (tertiary alicyclic amines) is 1. The zero-order chi connectivity index (χ0) is 26.8. The Labute approximate surface area is 222 Å². The molecule has 1 aliphatic rings. The van der Waals surface area contributed by atoms with E-state index >= 15 is 0 Å². The van der Waals surface area contributed by atoms with Gasteiger partial charge in [-0.25, -0.2) is 4.39 Å². The first-order valence-electron chi connectivity index (χ1n) is 12.8. The fourth-order valence-electron chi connectivity index (χ4n) is 5.03. The smallest absolute Gasteiger partial charge is 0.256 e. The molecule has 1 aliphatic heterocycles. The van der Waals surface area contributed by atoms with Crippen molar-refractivity contribution in [3.05, 3.63) is 107 Å². The second kappa shape index (κ2) is 10.6. The third kappa shape index (κ3) is 5.37. The Morgan fingerprint density at radius 1 is 0.921 bits per heavy atom. The molecule has 0 radical (unpaired) electrons. The van der Waals surface area contributed by atoms with Crippen LogP contribution in [0.1, 0.15) is 56.2 Å². The predicted molar refractivity (Wildman–Crippen MR) is 147 cm³/mol. The molecule has 1 aromatic heterocycles. The van der Waals surface area contributed by atoms with Crippen molar-refractivity contribution in [1.82, 2.24) is 14.7 Å². The van der Waals surface area contributed by atoms with Gasteiger partial charge in [0.1, 0.15) is 5.82 Å². The van der Waals surface area contributed by atoms with Crippen molar-refractivity contribution in [2.75, 3.05) is 18.4 Å². The third-order valence-electron chi connectivity index (χ3n) is 7.38. The molecule has 1 saturated heterocycles. The normalized spacial score (nSPS) is 13.9. The zero-order valence-electron chi connectivity index (χ0n) is 21.9. The number of carbonyl (C=O) groups is 2. The summed E-state index contributed by atoms with van der Waals surface area (Å²) in [6.07, 6.45) is 5.66. The molecule has 6 nitrogen and oxygen atoms in total. The first-order valence-corrected chi connectivity index (χ1v) is 12.8. The van der Waals surface area contributed by atoms with Gasteiger partial charge in [0.15, 0.2) is 0 Å². The molecule has 0 atom stereocenters. The number of amides is 2. The van der Waals surface area contributed by atoms with Crippen LogP contribution in [0.25, 0.3) is 11.1 Å². The number of carbonyl (C=O) groups excluding carboxylic acids is 2. The number of piperidine rings is 1. The van der Waals surface area contributed by atoms with Crippen molar-refractivity contribution < 1.29 is 14.0 Å². The largest absolute Gasteiger partial charge is 0.339 e. The van der Waals surface area contributed by atoms with Crippen LogP contribution in [-0.4, -0.2) is 39.6 Å². The number of nitrogens with one attached hydrogen (secondary N) is 1. The van der Waals surface area contributed by atoms with Gasteiger partial charge in [-0.15, -0.1) is 0 Å². The molecule has 2 amide bonds. The summed E-state index contributed by atoms with van der Waals surface area (Å²) in [5, 5.41) is 7.10. The number of aryl methyl sites for hydroxylation is 3. The van der Waals surface area contributed by atoms with E-state index in [2.05, 4.69) is 34.7 Å². The molecule has 7 heteroatoms. The summed E-state index contributed by atoms with van der Waals surface area (Å²) in [6.45, 7) is 4.98. The van der Waals surface area contributed by atoms with Crippen molar-refractivity contribution in [2.24, 2.45) is 7.05 Å². The molecule has 5 rings (SSSR count). The van der Waals surface area contributed by atoms with Crippen LogP contribution in [0.4, 0.5) is 10.1 Å². The average Bonchev–Trinajstić information content (AvgIpc) is 3.37. The van der Waals surface area contributed by atoms with Crippen LogP contribution in [0.5, 0.6) is 0 Å². The Balaban J connectivity index is 1.23. The molecule has 2 heterocycles. The Morgan fingerprint density at radius 2 is 1.63 bits per heavy atom. The van der Waals surface area contributed by atoms with Crippen LogP contribution in [0, 0.1) is 19.7 Å². The molecule has 0 bridgehead atoms. The Bertz CT molecular complexity index is 1480. The molecule has 1 N–H and O–H groups in total. The quantitative estimate of drug-likeness (QED) is 0.352. The summed E-state index contributed by atoms with van der Waals surface area (Å²) >= 11 is 0. The number of halogens is 1. The minimum absolute atomic E-state index is 0.0483. The van der Waals surface area contributed by atoms with Crippen LogP contribution in [0.3, 0.4) is 0 Å². The molecular formula is C31H31FN4O2. The maximum absolute atomic E-state index is 13.7. The Hall–Kier alpha value is -4.26. The first-order chi connectivity index (χ1) is 18.3. The number of nitrogens with zero attached hydrogens (tertiary/aromatic N) is 3. The van der Waals surface area contributed by atoms with Gasteiger partial charge in [-0.1, -0.05) is 36.4 Å². The van der Waals surface area contributed by atoms with Gasteiger partial charge in [0.05, 0.1) is 6.20 Å². The van der Waals surface area contributed by atoms with E-state index < -0.39 is 11.7 Å². The lowest BCUT2D eigenvalue weighted by Gasteiger charge is -2.32. The maximum atomic E-state index is 13.7. The number of benzene rings is 3. The molecule has 4 aromatic rings. The summed E-state index contributed by atoms with van der Waals surface area (Å²) < 4.78 is 15.5. The van der Waals surface area contributed by atoms with Gasteiger partial charge < -0.3 is 10.2 Å². The second-order valence-electron chi connectivity index (χ2n) is 10.0. The molecule has 0 saturated carbocycles. The van der Waals surface area contributed by atoms with Crippen LogP contribution < -0.4 is 5.32 Å². The monoisotopic (exact) mass is 510 g/mol. The molecule has 3 aromatic carbocycles. The predicted octanol–water partition coefficient (Wildman–Crippen LogP) is 6.12. The molecule has 0 aliphatic carbocycles. The van der Waals surface area contributed by atoms with Gasteiger partial charge in [-0.3, -0.25) is 14.3 Å². The topological polar surface area (TPSA) is 67.2 Å². The van der Waals surface area contributed by atoms with Gasteiger partial charge in [0.25, 0.3) is 11.8 Å². The first kappa shape index (κ1) is 25.4. The number of rotatable bonds is 5. The van der Waals surface area contributed by atoms with E-state index in [4.69, 9.17) is 0 Å². The lowest BCUT2D eigenvalue weighted by molar-refractivity contribution is 0.0712. The average molecular weight is 511 g/mol. The van der Waals surface area contributed by atoms with Gasteiger partial charge in [0.2, 0.25) is 0 Å². The van der Waals surface area contributed by atoms with Crippen LogP contribution in [-0.2, 0) is 7.05 Å². The van der Waals surface area contributed by atoms with Crippen LogP contribution in [0.2, 0.25) is 0 Å². The van der Waals surface area contributed by atoms with Gasteiger partial charge in [-0.2, -0.15) is 5.10 Å². The van der Waals surface area contributed by atoms with E-state index in [1.165, 1.54) is 17.7 Å². The van der Waals surface area contributed by atoms with E-state index in [9.17, 15) is 14.0 Å². The summed E-state index contributed by atoms with van der Waals surface area (Å²) in [5.74, 6) is -0.503. The van der Waals surface area contributed by atoms with Crippen molar-refractivity contribution in [1.29, 1.82) is 0 Å². The lowest BCUT2D eigenvalue weighted by atomic mass is 9.88. The summed E-state index contributed by atoms with van der Waals surface area (Å²) in [4.78, 5) is 28.0. The van der Waals surface area contributed by atoms with Crippen molar-refractivity contribution in [3.63, 3.8) is 0 Å². The molecule has 1 fully saturated rings. The third-order valence-corrected chi connectivity index (χ3v) is 7.38. The van der Waals surface area contributed by atoms with E-state index in [-0.39, 0.29) is 11.5 Å². The van der Waals surface area contributed by atoms with Gasteiger partial charge in [-0.05, 0) is 79.1 Å². The SMILES string of the molecule is Cc1ccc(C(=O)N2CCC(c3ccc(-c4cnn(C)c4)cc3)CC2)cc1NC(=O)c1cc(F)ccc1C. The number of hydrogen-bond donors (Lipinski definition) is 1. The Kier molecular flexibility index (Phi) is 7.09. The highest BCUT2D eigenvalue weighted by Gasteiger charge is 2.25. The van der Waals surface area contributed by atoms with Crippen molar-refractivity contribution in [3.8, 4) is 11.1 Å².